The standard InChI is InChI=1S/C10H17F3N2O2/c1-9(6-17-5-7(9)14)8(16)15(2)4-3-10(11,12)13/h7H,3-6,14H2,1-2H3. The minimum Gasteiger partial charge on any atom is -0.379 e. The minimum atomic E-state index is -4.26. The number of amides is 1. The number of alkyl halides is 3. The fraction of sp³-hybridized carbons (Fsp3) is 0.900. The molecule has 2 unspecified atom stereocenters. The lowest BCUT2D eigenvalue weighted by molar-refractivity contribution is -0.149. The Bertz CT molecular complexity index is 296. The summed E-state index contributed by atoms with van der Waals surface area (Å²) in [7, 11) is 1.35. The number of nitrogens with zero attached hydrogens (tertiary/aromatic N) is 1. The van der Waals surface area contributed by atoms with Gasteiger partial charge in [-0.05, 0) is 6.92 Å². The van der Waals surface area contributed by atoms with Gasteiger partial charge in [0.15, 0.2) is 0 Å². The van der Waals surface area contributed by atoms with E-state index in [0.717, 1.165) is 4.90 Å². The molecular formula is C10H17F3N2O2. The maximum Gasteiger partial charge on any atom is 0.390 e. The molecule has 1 heterocycles. The molecule has 0 aromatic heterocycles. The highest BCUT2D eigenvalue weighted by atomic mass is 19.4. The summed E-state index contributed by atoms with van der Waals surface area (Å²) >= 11 is 0. The number of hydrogen-bond acceptors (Lipinski definition) is 3. The van der Waals surface area contributed by atoms with Crippen LogP contribution < -0.4 is 5.73 Å². The highest BCUT2D eigenvalue weighted by molar-refractivity contribution is 5.83. The van der Waals surface area contributed by atoms with Crippen molar-refractivity contribution < 1.29 is 22.7 Å². The van der Waals surface area contributed by atoms with Gasteiger partial charge in [-0.1, -0.05) is 0 Å². The van der Waals surface area contributed by atoms with E-state index in [0.29, 0.717) is 0 Å². The average Bonchev–Trinajstić information content (AvgIpc) is 2.55. The third kappa shape index (κ3) is 3.32. The van der Waals surface area contributed by atoms with E-state index in [1.807, 2.05) is 0 Å². The van der Waals surface area contributed by atoms with Crippen molar-refractivity contribution in [3.63, 3.8) is 0 Å². The van der Waals surface area contributed by atoms with Crippen molar-refractivity contribution in [2.75, 3.05) is 26.8 Å². The molecule has 0 saturated carbocycles. The second-order valence-electron chi connectivity index (χ2n) is 4.63. The van der Waals surface area contributed by atoms with Crippen molar-refractivity contribution in [1.82, 2.24) is 4.90 Å². The third-order valence-corrected chi connectivity index (χ3v) is 3.08. The number of carbonyl (C=O) groups is 1. The van der Waals surface area contributed by atoms with Crippen LogP contribution in [0.15, 0.2) is 0 Å². The largest absolute Gasteiger partial charge is 0.390 e. The second kappa shape index (κ2) is 4.81. The van der Waals surface area contributed by atoms with E-state index in [9.17, 15) is 18.0 Å². The predicted molar refractivity (Wildman–Crippen MR) is 55.2 cm³/mol. The summed E-state index contributed by atoms with van der Waals surface area (Å²) in [5.74, 6) is -0.397. The molecule has 0 aromatic rings. The van der Waals surface area contributed by atoms with Gasteiger partial charge in [-0.3, -0.25) is 4.79 Å². The fourth-order valence-corrected chi connectivity index (χ4v) is 1.74. The molecule has 2 N–H and O–H groups in total. The number of hydrogen-bond donors (Lipinski definition) is 1. The molecular weight excluding hydrogens is 237 g/mol. The first-order chi connectivity index (χ1) is 7.67. The summed E-state index contributed by atoms with van der Waals surface area (Å²) in [6.45, 7) is 1.68. The Morgan fingerprint density at radius 2 is 2.18 bits per heavy atom. The predicted octanol–water partition coefficient (Wildman–Crippen LogP) is 0.761. The quantitative estimate of drug-likeness (QED) is 0.809. The van der Waals surface area contributed by atoms with Gasteiger partial charge in [0, 0.05) is 19.6 Å². The van der Waals surface area contributed by atoms with Crippen LogP contribution in [0.1, 0.15) is 13.3 Å². The van der Waals surface area contributed by atoms with Gasteiger partial charge in [0.25, 0.3) is 0 Å². The first-order valence-electron chi connectivity index (χ1n) is 5.32. The van der Waals surface area contributed by atoms with Crippen LogP contribution in [0.3, 0.4) is 0 Å². The van der Waals surface area contributed by atoms with E-state index in [4.69, 9.17) is 10.5 Å². The molecule has 1 aliphatic rings. The summed E-state index contributed by atoms with van der Waals surface area (Å²) in [4.78, 5) is 13.1. The van der Waals surface area contributed by atoms with E-state index >= 15 is 0 Å². The Hall–Kier alpha value is -0.820. The molecule has 7 heteroatoms. The zero-order chi connectivity index (χ0) is 13.3. The van der Waals surface area contributed by atoms with Gasteiger partial charge in [0.2, 0.25) is 5.91 Å². The number of halogens is 3. The molecule has 1 aliphatic heterocycles. The monoisotopic (exact) mass is 254 g/mol. The number of ether oxygens (including phenoxy) is 1. The lowest BCUT2D eigenvalue weighted by Crippen LogP contribution is -2.50. The zero-order valence-corrected chi connectivity index (χ0v) is 9.88. The topological polar surface area (TPSA) is 55.6 Å². The van der Waals surface area contributed by atoms with Crippen molar-refractivity contribution >= 4 is 5.91 Å². The van der Waals surface area contributed by atoms with Gasteiger partial charge in [-0.2, -0.15) is 13.2 Å². The van der Waals surface area contributed by atoms with Crippen molar-refractivity contribution in [3.05, 3.63) is 0 Å². The van der Waals surface area contributed by atoms with Gasteiger partial charge >= 0.3 is 6.18 Å². The Morgan fingerprint density at radius 1 is 1.59 bits per heavy atom. The number of carbonyl (C=O) groups excluding carboxylic acids is 1. The fourth-order valence-electron chi connectivity index (χ4n) is 1.74. The van der Waals surface area contributed by atoms with Gasteiger partial charge in [-0.25, -0.2) is 0 Å². The highest BCUT2D eigenvalue weighted by Gasteiger charge is 2.46. The lowest BCUT2D eigenvalue weighted by atomic mass is 9.84. The summed E-state index contributed by atoms with van der Waals surface area (Å²) in [5.41, 5.74) is 4.82. The summed E-state index contributed by atoms with van der Waals surface area (Å²) in [5, 5.41) is 0. The molecule has 1 saturated heterocycles. The lowest BCUT2D eigenvalue weighted by Gasteiger charge is -2.31. The highest BCUT2D eigenvalue weighted by Crippen LogP contribution is 2.29. The summed E-state index contributed by atoms with van der Waals surface area (Å²) in [6, 6.07) is -0.469. The molecule has 0 aromatic carbocycles. The number of nitrogens with two attached hydrogens (primary N) is 1. The van der Waals surface area contributed by atoms with Gasteiger partial charge < -0.3 is 15.4 Å². The van der Waals surface area contributed by atoms with E-state index in [-0.39, 0.29) is 19.8 Å². The molecule has 4 nitrogen and oxygen atoms in total. The SMILES string of the molecule is CN(CCC(F)(F)F)C(=O)C1(C)COCC1N. The van der Waals surface area contributed by atoms with Crippen molar-refractivity contribution in [2.45, 2.75) is 25.6 Å². The maximum atomic E-state index is 12.0. The molecule has 1 fully saturated rings. The Kier molecular flexibility index (Phi) is 4.03. The Morgan fingerprint density at radius 3 is 2.59 bits per heavy atom. The molecule has 1 rings (SSSR count). The van der Waals surface area contributed by atoms with Gasteiger partial charge in [-0.15, -0.1) is 0 Å². The molecule has 0 bridgehead atoms. The van der Waals surface area contributed by atoms with Crippen molar-refractivity contribution in [2.24, 2.45) is 11.1 Å². The van der Waals surface area contributed by atoms with Crippen LogP contribution >= 0.6 is 0 Å². The molecule has 0 spiro atoms. The normalized spacial score (nSPS) is 29.4. The first-order valence-corrected chi connectivity index (χ1v) is 5.32. The van der Waals surface area contributed by atoms with Crippen LogP contribution in [-0.2, 0) is 9.53 Å². The molecule has 0 aliphatic carbocycles. The van der Waals surface area contributed by atoms with Crippen LogP contribution in [0.2, 0.25) is 0 Å². The number of rotatable bonds is 3. The first kappa shape index (κ1) is 14.2. The van der Waals surface area contributed by atoms with Crippen LogP contribution in [-0.4, -0.2) is 49.8 Å². The van der Waals surface area contributed by atoms with Crippen LogP contribution in [0.4, 0.5) is 13.2 Å². The van der Waals surface area contributed by atoms with Gasteiger partial charge in [0.05, 0.1) is 25.0 Å². The van der Waals surface area contributed by atoms with Crippen molar-refractivity contribution in [1.29, 1.82) is 0 Å². The van der Waals surface area contributed by atoms with E-state index in [1.165, 1.54) is 7.05 Å². The molecule has 1 amide bonds. The van der Waals surface area contributed by atoms with E-state index in [2.05, 4.69) is 0 Å². The van der Waals surface area contributed by atoms with Crippen LogP contribution in [0.25, 0.3) is 0 Å². The van der Waals surface area contributed by atoms with Crippen LogP contribution in [0, 0.1) is 5.41 Å². The van der Waals surface area contributed by atoms with Gasteiger partial charge in [0.1, 0.15) is 0 Å². The average molecular weight is 254 g/mol. The summed E-state index contributed by atoms with van der Waals surface area (Å²) in [6.07, 6.45) is -5.27. The molecule has 100 valence electrons. The van der Waals surface area contributed by atoms with E-state index in [1.54, 1.807) is 6.92 Å². The van der Waals surface area contributed by atoms with Crippen molar-refractivity contribution in [3.8, 4) is 0 Å². The minimum absolute atomic E-state index is 0.156. The summed E-state index contributed by atoms with van der Waals surface area (Å²) < 4.78 is 41.2. The zero-order valence-electron chi connectivity index (χ0n) is 9.88. The molecule has 0 radical (unpaired) electrons. The third-order valence-electron chi connectivity index (χ3n) is 3.08. The molecule has 17 heavy (non-hydrogen) atoms. The Labute approximate surface area is 97.9 Å². The maximum absolute atomic E-state index is 12.0. The Balaban J connectivity index is 2.58. The molecule has 2 atom stereocenters. The second-order valence-corrected chi connectivity index (χ2v) is 4.63. The van der Waals surface area contributed by atoms with Crippen LogP contribution in [0.5, 0.6) is 0 Å². The smallest absolute Gasteiger partial charge is 0.379 e. The van der Waals surface area contributed by atoms with E-state index < -0.39 is 30.0 Å².